The zero-order valence-corrected chi connectivity index (χ0v) is 16.8. The summed E-state index contributed by atoms with van der Waals surface area (Å²) in [7, 11) is 1.55. The number of rotatable bonds is 7. The minimum atomic E-state index is -0.314. The smallest absolute Gasteiger partial charge is 0.267 e. The number of allylic oxidation sites excluding steroid dienone is 1. The third kappa shape index (κ3) is 5.68. The molecule has 0 spiro atoms. The first-order chi connectivity index (χ1) is 14.1. The molecule has 0 bridgehead atoms. The van der Waals surface area contributed by atoms with Crippen molar-refractivity contribution in [1.29, 1.82) is 0 Å². The predicted octanol–water partition coefficient (Wildman–Crippen LogP) is 3.06. The average Bonchev–Trinajstić information content (AvgIpc) is 3.21. The Kier molecular flexibility index (Phi) is 7.03. The third-order valence-corrected chi connectivity index (χ3v) is 4.81. The van der Waals surface area contributed by atoms with E-state index in [9.17, 15) is 9.59 Å². The topological polar surface area (TPSA) is 67.9 Å². The van der Waals surface area contributed by atoms with Gasteiger partial charge < -0.3 is 9.64 Å². The van der Waals surface area contributed by atoms with Crippen LogP contribution in [0.4, 0.5) is 0 Å². The summed E-state index contributed by atoms with van der Waals surface area (Å²) in [5.74, 6) is 0.151. The van der Waals surface area contributed by atoms with E-state index in [0.29, 0.717) is 37.2 Å². The zero-order chi connectivity index (χ0) is 20.6. The first-order valence-corrected chi connectivity index (χ1v) is 9.67. The van der Waals surface area contributed by atoms with Gasteiger partial charge in [0.15, 0.2) is 0 Å². The maximum Gasteiger partial charge on any atom is 0.267 e. The lowest BCUT2D eigenvalue weighted by Crippen LogP contribution is -2.33. The lowest BCUT2D eigenvalue weighted by Gasteiger charge is -2.18. The number of nitrogens with one attached hydrogen (secondary N) is 1. The molecule has 0 saturated carbocycles. The van der Waals surface area contributed by atoms with Gasteiger partial charge in [0, 0.05) is 19.2 Å². The highest BCUT2D eigenvalue weighted by molar-refractivity contribution is 5.97. The summed E-state index contributed by atoms with van der Waals surface area (Å²) in [6.45, 7) is 2.93. The largest absolute Gasteiger partial charge is 0.496 e. The van der Waals surface area contributed by atoms with E-state index in [1.807, 2.05) is 49.4 Å². The van der Waals surface area contributed by atoms with Crippen molar-refractivity contribution in [2.45, 2.75) is 25.9 Å². The van der Waals surface area contributed by atoms with Gasteiger partial charge in [-0.1, -0.05) is 48.0 Å². The van der Waals surface area contributed by atoms with Gasteiger partial charge in [-0.25, -0.2) is 5.48 Å². The second-order valence-electron chi connectivity index (χ2n) is 7.04. The molecule has 0 radical (unpaired) electrons. The van der Waals surface area contributed by atoms with Crippen LogP contribution in [0.5, 0.6) is 5.75 Å². The highest BCUT2D eigenvalue weighted by Gasteiger charge is 2.29. The summed E-state index contributed by atoms with van der Waals surface area (Å²) >= 11 is 0. The molecule has 1 heterocycles. The molecule has 1 fully saturated rings. The number of methoxy groups -OCH3 is 1. The van der Waals surface area contributed by atoms with E-state index >= 15 is 0 Å². The molecule has 29 heavy (non-hydrogen) atoms. The van der Waals surface area contributed by atoms with Crippen LogP contribution >= 0.6 is 0 Å². The number of amides is 2. The molecule has 0 aliphatic carbocycles. The molecular weight excluding hydrogens is 368 g/mol. The van der Waals surface area contributed by atoms with Gasteiger partial charge in [0.05, 0.1) is 12.7 Å². The monoisotopic (exact) mass is 394 g/mol. The highest BCUT2D eigenvalue weighted by Crippen LogP contribution is 2.23. The maximum absolute atomic E-state index is 12.8. The number of hydrogen-bond donors (Lipinski definition) is 1. The molecule has 1 N–H and O–H groups in total. The van der Waals surface area contributed by atoms with Crippen molar-refractivity contribution in [3.05, 3.63) is 77.4 Å². The van der Waals surface area contributed by atoms with Crippen molar-refractivity contribution in [2.75, 3.05) is 20.2 Å². The molecule has 0 aromatic heterocycles. The Hall–Kier alpha value is -3.12. The van der Waals surface area contributed by atoms with E-state index in [4.69, 9.17) is 9.57 Å². The van der Waals surface area contributed by atoms with Crippen molar-refractivity contribution in [3.63, 3.8) is 0 Å². The molecule has 1 aliphatic heterocycles. The zero-order valence-electron chi connectivity index (χ0n) is 16.8. The first-order valence-electron chi connectivity index (χ1n) is 9.67. The van der Waals surface area contributed by atoms with Gasteiger partial charge in [0.25, 0.3) is 11.8 Å². The van der Waals surface area contributed by atoms with Gasteiger partial charge in [0.1, 0.15) is 11.9 Å². The van der Waals surface area contributed by atoms with Gasteiger partial charge in [-0.2, -0.15) is 0 Å². The van der Waals surface area contributed by atoms with Crippen molar-refractivity contribution in [3.8, 4) is 5.75 Å². The molecule has 6 heteroatoms. The first kappa shape index (κ1) is 20.6. The molecule has 3 rings (SSSR count). The van der Waals surface area contributed by atoms with E-state index in [1.165, 1.54) is 6.08 Å². The van der Waals surface area contributed by atoms with Gasteiger partial charge >= 0.3 is 0 Å². The number of ether oxygens (including phenoxy) is 1. The normalized spacial score (nSPS) is 16.2. The van der Waals surface area contributed by atoms with Crippen LogP contribution in [-0.2, 0) is 16.1 Å². The minimum Gasteiger partial charge on any atom is -0.496 e. The van der Waals surface area contributed by atoms with E-state index in [0.717, 1.165) is 11.1 Å². The van der Waals surface area contributed by atoms with Crippen LogP contribution in [0.15, 0.2) is 60.7 Å². The molecule has 6 nitrogen and oxygen atoms in total. The Bertz CT molecular complexity index is 880. The Balaban J connectivity index is 1.47. The summed E-state index contributed by atoms with van der Waals surface area (Å²) in [6.07, 6.45) is 4.36. The fourth-order valence-corrected chi connectivity index (χ4v) is 3.26. The van der Waals surface area contributed by atoms with Crippen LogP contribution in [0.2, 0.25) is 0 Å². The van der Waals surface area contributed by atoms with Gasteiger partial charge in [-0.05, 0) is 37.5 Å². The lowest BCUT2D eigenvalue weighted by atomic mass is 10.1. The Morgan fingerprint density at radius 3 is 2.76 bits per heavy atom. The van der Waals surface area contributed by atoms with Crippen LogP contribution in [0, 0.1) is 6.92 Å². The molecule has 1 aliphatic rings. The number of hydroxylamine groups is 1. The Morgan fingerprint density at radius 2 is 2.00 bits per heavy atom. The standard InChI is InChI=1S/C23H26N2O4/c1-17-11-12-21(28-2)20(15-17)23(27)25-14-13-19(16-25)29-24-22(26)10-6-9-18-7-4-3-5-8-18/h3-8,10-12,15,19H,9,13-14,16H2,1-2H3,(H,24,26)/b10-6+/t19-/m0/s1. The number of nitrogens with zero attached hydrogens (tertiary/aromatic N) is 1. The van der Waals surface area contributed by atoms with Gasteiger partial charge in [0.2, 0.25) is 0 Å². The second-order valence-corrected chi connectivity index (χ2v) is 7.04. The molecule has 2 aromatic carbocycles. The van der Waals surface area contributed by atoms with Gasteiger partial charge in [-0.3, -0.25) is 14.4 Å². The van der Waals surface area contributed by atoms with E-state index < -0.39 is 0 Å². The van der Waals surface area contributed by atoms with E-state index in [2.05, 4.69) is 5.48 Å². The number of benzene rings is 2. The second kappa shape index (κ2) is 9.89. The number of carbonyl (C=O) groups is 2. The molecule has 2 amide bonds. The number of carbonyl (C=O) groups excluding carboxylic acids is 2. The number of aryl methyl sites for hydroxylation is 1. The lowest BCUT2D eigenvalue weighted by molar-refractivity contribution is -0.132. The third-order valence-electron chi connectivity index (χ3n) is 4.81. The van der Waals surface area contributed by atoms with Crippen molar-refractivity contribution < 1.29 is 19.2 Å². The quantitative estimate of drug-likeness (QED) is 0.579. The Morgan fingerprint density at radius 1 is 1.21 bits per heavy atom. The van der Waals surface area contributed by atoms with Crippen LogP contribution in [-0.4, -0.2) is 43.0 Å². The van der Waals surface area contributed by atoms with Crippen molar-refractivity contribution in [2.24, 2.45) is 0 Å². The fourth-order valence-electron chi connectivity index (χ4n) is 3.26. The summed E-state index contributed by atoms with van der Waals surface area (Å²) < 4.78 is 5.31. The average molecular weight is 394 g/mol. The summed E-state index contributed by atoms with van der Waals surface area (Å²) in [5.41, 5.74) is 5.13. The predicted molar refractivity (Wildman–Crippen MR) is 111 cm³/mol. The summed E-state index contributed by atoms with van der Waals surface area (Å²) in [6, 6.07) is 15.4. The maximum atomic E-state index is 12.8. The fraction of sp³-hybridized carbons (Fsp3) is 0.304. The van der Waals surface area contributed by atoms with Crippen LogP contribution in [0.25, 0.3) is 0 Å². The molecule has 2 aromatic rings. The molecular formula is C23H26N2O4. The Labute approximate surface area is 171 Å². The van der Waals surface area contributed by atoms with E-state index in [-0.39, 0.29) is 17.9 Å². The molecule has 1 saturated heterocycles. The van der Waals surface area contributed by atoms with Crippen LogP contribution in [0.1, 0.15) is 27.9 Å². The van der Waals surface area contributed by atoms with Crippen LogP contribution < -0.4 is 10.2 Å². The van der Waals surface area contributed by atoms with Crippen molar-refractivity contribution in [1.82, 2.24) is 10.4 Å². The minimum absolute atomic E-state index is 0.0919. The van der Waals surface area contributed by atoms with E-state index in [1.54, 1.807) is 24.2 Å². The number of hydrogen-bond acceptors (Lipinski definition) is 4. The molecule has 1 atom stereocenters. The van der Waals surface area contributed by atoms with Crippen molar-refractivity contribution >= 4 is 11.8 Å². The number of likely N-dealkylation sites (tertiary alicyclic amines) is 1. The summed E-state index contributed by atoms with van der Waals surface area (Å²) in [5, 5.41) is 0. The molecule has 0 unspecified atom stereocenters. The highest BCUT2D eigenvalue weighted by atomic mass is 16.7. The SMILES string of the molecule is COc1ccc(C)cc1C(=O)N1CC[C@H](ONC(=O)/C=C/Cc2ccccc2)C1. The van der Waals surface area contributed by atoms with Crippen LogP contribution in [0.3, 0.4) is 0 Å². The summed E-state index contributed by atoms with van der Waals surface area (Å²) in [4.78, 5) is 32.0. The molecule has 152 valence electrons. The van der Waals surface area contributed by atoms with Gasteiger partial charge in [-0.15, -0.1) is 0 Å².